The molecule has 0 fully saturated rings. The van der Waals surface area contributed by atoms with Crippen LogP contribution in [-0.4, -0.2) is 10.9 Å². The minimum absolute atomic E-state index is 0.295. The Kier molecular flexibility index (Phi) is 3.15. The Morgan fingerprint density at radius 1 is 1.41 bits per heavy atom. The molecule has 0 saturated heterocycles. The molecule has 88 valence electrons. The average Bonchev–Trinajstić information content (AvgIpc) is 2.70. The summed E-state index contributed by atoms with van der Waals surface area (Å²) < 4.78 is 5.09. The van der Waals surface area contributed by atoms with Crippen LogP contribution in [0.1, 0.15) is 21.7 Å². The van der Waals surface area contributed by atoms with Crippen LogP contribution < -0.4 is 5.32 Å². The van der Waals surface area contributed by atoms with E-state index in [4.69, 9.17) is 16.0 Å². The SMILES string of the molecule is Cc1cc(NC(=O)c2occc2C)cnc1Cl. The number of rotatable bonds is 2. The number of aromatic nitrogens is 1. The van der Waals surface area contributed by atoms with Crippen LogP contribution in [0.25, 0.3) is 0 Å². The number of carbonyl (C=O) groups is 1. The number of pyridine rings is 1. The molecule has 5 heteroatoms. The van der Waals surface area contributed by atoms with E-state index in [0.717, 1.165) is 11.1 Å². The topological polar surface area (TPSA) is 55.1 Å². The fourth-order valence-electron chi connectivity index (χ4n) is 1.42. The molecule has 0 aromatic carbocycles. The number of hydrogen-bond acceptors (Lipinski definition) is 3. The lowest BCUT2D eigenvalue weighted by Crippen LogP contribution is -2.12. The Morgan fingerprint density at radius 2 is 2.18 bits per heavy atom. The lowest BCUT2D eigenvalue weighted by Gasteiger charge is -2.05. The van der Waals surface area contributed by atoms with Crippen LogP contribution in [0.5, 0.6) is 0 Å². The maximum atomic E-state index is 11.8. The summed E-state index contributed by atoms with van der Waals surface area (Å²) in [5.74, 6) is 0.00799. The van der Waals surface area contributed by atoms with Crippen molar-refractivity contribution in [1.82, 2.24) is 4.98 Å². The number of amides is 1. The smallest absolute Gasteiger partial charge is 0.291 e. The highest BCUT2D eigenvalue weighted by Gasteiger charge is 2.13. The molecule has 0 saturated carbocycles. The van der Waals surface area contributed by atoms with E-state index in [-0.39, 0.29) is 5.91 Å². The van der Waals surface area contributed by atoms with Gasteiger partial charge in [-0.15, -0.1) is 0 Å². The van der Waals surface area contributed by atoms with Crippen molar-refractivity contribution in [2.45, 2.75) is 13.8 Å². The van der Waals surface area contributed by atoms with Gasteiger partial charge in [0, 0.05) is 5.56 Å². The molecule has 0 aliphatic carbocycles. The standard InChI is InChI=1S/C12H11ClN2O2/c1-7-3-4-17-10(7)12(16)15-9-5-8(2)11(13)14-6-9/h3-6H,1-2H3,(H,15,16). The lowest BCUT2D eigenvalue weighted by atomic mass is 10.2. The van der Waals surface area contributed by atoms with Gasteiger partial charge in [-0.25, -0.2) is 4.98 Å². The third kappa shape index (κ3) is 2.47. The molecule has 0 spiro atoms. The van der Waals surface area contributed by atoms with Gasteiger partial charge in [0.15, 0.2) is 5.76 Å². The Bertz CT molecular complexity index is 563. The van der Waals surface area contributed by atoms with Gasteiger partial charge in [-0.2, -0.15) is 0 Å². The van der Waals surface area contributed by atoms with Crippen molar-refractivity contribution in [3.05, 3.63) is 46.6 Å². The Hall–Kier alpha value is -1.81. The molecule has 0 radical (unpaired) electrons. The van der Waals surface area contributed by atoms with Crippen molar-refractivity contribution >= 4 is 23.2 Å². The van der Waals surface area contributed by atoms with Crippen molar-refractivity contribution in [1.29, 1.82) is 0 Å². The molecule has 4 nitrogen and oxygen atoms in total. The number of halogens is 1. The van der Waals surface area contributed by atoms with Gasteiger partial charge in [-0.05, 0) is 31.5 Å². The summed E-state index contributed by atoms with van der Waals surface area (Å²) in [7, 11) is 0. The van der Waals surface area contributed by atoms with Crippen LogP contribution in [0.2, 0.25) is 5.15 Å². The molecule has 0 aliphatic rings. The average molecular weight is 251 g/mol. The monoisotopic (exact) mass is 250 g/mol. The number of furan rings is 1. The van der Waals surface area contributed by atoms with Gasteiger partial charge in [0.1, 0.15) is 5.15 Å². The molecule has 0 unspecified atom stereocenters. The van der Waals surface area contributed by atoms with E-state index in [2.05, 4.69) is 10.3 Å². The van der Waals surface area contributed by atoms with Crippen LogP contribution in [0, 0.1) is 13.8 Å². The second-order valence-electron chi connectivity index (χ2n) is 3.72. The van der Waals surface area contributed by atoms with Crippen molar-refractivity contribution in [2.24, 2.45) is 0 Å². The van der Waals surface area contributed by atoms with E-state index in [1.165, 1.54) is 12.5 Å². The Labute approximate surface area is 104 Å². The zero-order valence-corrected chi connectivity index (χ0v) is 10.2. The molecule has 2 rings (SSSR count). The lowest BCUT2D eigenvalue weighted by molar-refractivity contribution is 0.0996. The maximum Gasteiger partial charge on any atom is 0.291 e. The third-order valence-electron chi connectivity index (χ3n) is 2.34. The fraction of sp³-hybridized carbons (Fsp3) is 0.167. The summed E-state index contributed by atoms with van der Waals surface area (Å²) in [5, 5.41) is 3.13. The van der Waals surface area contributed by atoms with Gasteiger partial charge in [-0.1, -0.05) is 11.6 Å². The van der Waals surface area contributed by atoms with E-state index in [0.29, 0.717) is 16.6 Å². The maximum absolute atomic E-state index is 11.8. The van der Waals surface area contributed by atoms with Gasteiger partial charge in [0.2, 0.25) is 0 Å². The van der Waals surface area contributed by atoms with Crippen LogP contribution in [0.15, 0.2) is 29.0 Å². The van der Waals surface area contributed by atoms with Crippen molar-refractivity contribution in [3.63, 3.8) is 0 Å². The predicted octanol–water partition coefficient (Wildman–Crippen LogP) is 3.20. The van der Waals surface area contributed by atoms with Crippen LogP contribution in [0.3, 0.4) is 0 Å². The van der Waals surface area contributed by atoms with Crippen molar-refractivity contribution < 1.29 is 9.21 Å². The predicted molar refractivity (Wildman–Crippen MR) is 65.4 cm³/mol. The molecule has 1 amide bonds. The van der Waals surface area contributed by atoms with Gasteiger partial charge < -0.3 is 9.73 Å². The van der Waals surface area contributed by atoms with Crippen LogP contribution >= 0.6 is 11.6 Å². The third-order valence-corrected chi connectivity index (χ3v) is 2.74. The van der Waals surface area contributed by atoms with Gasteiger partial charge in [-0.3, -0.25) is 4.79 Å². The number of carbonyl (C=O) groups excluding carboxylic acids is 1. The van der Waals surface area contributed by atoms with E-state index in [1.807, 2.05) is 13.8 Å². The molecular weight excluding hydrogens is 240 g/mol. The van der Waals surface area contributed by atoms with E-state index >= 15 is 0 Å². The molecule has 17 heavy (non-hydrogen) atoms. The molecule has 0 aliphatic heterocycles. The normalized spacial score (nSPS) is 10.3. The zero-order chi connectivity index (χ0) is 12.4. The van der Waals surface area contributed by atoms with Crippen LogP contribution in [-0.2, 0) is 0 Å². The number of anilines is 1. The van der Waals surface area contributed by atoms with Crippen molar-refractivity contribution in [2.75, 3.05) is 5.32 Å². The second-order valence-corrected chi connectivity index (χ2v) is 4.08. The Morgan fingerprint density at radius 3 is 2.76 bits per heavy atom. The van der Waals surface area contributed by atoms with Crippen LogP contribution in [0.4, 0.5) is 5.69 Å². The first kappa shape index (κ1) is 11.7. The number of nitrogens with one attached hydrogen (secondary N) is 1. The number of nitrogens with zero attached hydrogens (tertiary/aromatic N) is 1. The first-order chi connectivity index (χ1) is 8.08. The van der Waals surface area contributed by atoms with Gasteiger partial charge in [0.25, 0.3) is 5.91 Å². The highest BCUT2D eigenvalue weighted by Crippen LogP contribution is 2.17. The summed E-state index contributed by atoms with van der Waals surface area (Å²) in [5.41, 5.74) is 2.19. The first-order valence-electron chi connectivity index (χ1n) is 5.05. The second kappa shape index (κ2) is 4.59. The molecule has 0 atom stereocenters. The summed E-state index contributed by atoms with van der Waals surface area (Å²) in [4.78, 5) is 15.8. The molecule has 1 N–H and O–H groups in total. The first-order valence-corrected chi connectivity index (χ1v) is 5.43. The minimum atomic E-state index is -0.295. The fourth-order valence-corrected chi connectivity index (χ4v) is 1.52. The number of aryl methyl sites for hydroxylation is 2. The summed E-state index contributed by atoms with van der Waals surface area (Å²) in [6, 6.07) is 3.49. The summed E-state index contributed by atoms with van der Waals surface area (Å²) >= 11 is 5.80. The molecule has 2 heterocycles. The molecular formula is C12H11ClN2O2. The molecule has 0 bridgehead atoms. The largest absolute Gasteiger partial charge is 0.459 e. The molecule has 2 aromatic rings. The van der Waals surface area contributed by atoms with E-state index in [1.54, 1.807) is 12.1 Å². The minimum Gasteiger partial charge on any atom is -0.459 e. The van der Waals surface area contributed by atoms with Gasteiger partial charge >= 0.3 is 0 Å². The molecule has 2 aromatic heterocycles. The zero-order valence-electron chi connectivity index (χ0n) is 9.45. The summed E-state index contributed by atoms with van der Waals surface area (Å²) in [6.07, 6.45) is 2.99. The highest BCUT2D eigenvalue weighted by atomic mass is 35.5. The van der Waals surface area contributed by atoms with E-state index in [9.17, 15) is 4.79 Å². The Balaban J connectivity index is 2.19. The number of hydrogen-bond donors (Lipinski definition) is 1. The quantitative estimate of drug-likeness (QED) is 0.833. The van der Waals surface area contributed by atoms with E-state index < -0.39 is 0 Å². The highest BCUT2D eigenvalue weighted by molar-refractivity contribution is 6.30. The van der Waals surface area contributed by atoms with Gasteiger partial charge in [0.05, 0.1) is 18.1 Å². The van der Waals surface area contributed by atoms with Crippen molar-refractivity contribution in [3.8, 4) is 0 Å². The summed E-state index contributed by atoms with van der Waals surface area (Å²) in [6.45, 7) is 3.63.